The Morgan fingerprint density at radius 3 is 2.52 bits per heavy atom. The largest absolute Gasteiger partial charge is 0.466 e. The van der Waals surface area contributed by atoms with Gasteiger partial charge in [-0.1, -0.05) is 27.7 Å². The number of hydrogen-bond acceptors (Lipinski definition) is 3. The zero-order valence-corrected chi connectivity index (χ0v) is 14.8. The first kappa shape index (κ1) is 16.6. The second-order valence-corrected chi connectivity index (χ2v) is 7.63. The number of rotatable bonds is 3. The molecule has 120 valence electrons. The summed E-state index contributed by atoms with van der Waals surface area (Å²) in [5, 5.41) is 3.75. The van der Waals surface area contributed by atoms with Crippen molar-refractivity contribution in [1.82, 2.24) is 10.2 Å². The van der Waals surface area contributed by atoms with E-state index in [1.54, 1.807) is 0 Å². The molecule has 0 amide bonds. The summed E-state index contributed by atoms with van der Waals surface area (Å²) in [7, 11) is 0. The van der Waals surface area contributed by atoms with Crippen molar-refractivity contribution < 1.29 is 4.42 Å². The Kier molecular flexibility index (Phi) is 4.84. The predicted octanol–water partition coefficient (Wildman–Crippen LogP) is 4.06. The molecular formula is C18H32N2O. The normalized spacial score (nSPS) is 26.0. The quantitative estimate of drug-likeness (QED) is 0.911. The first-order valence-corrected chi connectivity index (χ1v) is 8.30. The second kappa shape index (κ2) is 6.13. The van der Waals surface area contributed by atoms with Gasteiger partial charge in [-0.25, -0.2) is 0 Å². The average molecular weight is 292 g/mol. The van der Waals surface area contributed by atoms with E-state index in [2.05, 4.69) is 57.8 Å². The fraction of sp³-hybridized carbons (Fsp3) is 0.778. The highest BCUT2D eigenvalue weighted by atomic mass is 16.3. The topological polar surface area (TPSA) is 28.4 Å². The van der Waals surface area contributed by atoms with Gasteiger partial charge in [0.05, 0.1) is 0 Å². The Balaban J connectivity index is 2.22. The van der Waals surface area contributed by atoms with E-state index in [0.29, 0.717) is 18.1 Å². The van der Waals surface area contributed by atoms with Gasteiger partial charge < -0.3 is 9.73 Å². The number of hydrogen-bond donors (Lipinski definition) is 1. The molecule has 0 bridgehead atoms. The molecule has 1 aromatic heterocycles. The van der Waals surface area contributed by atoms with E-state index < -0.39 is 0 Å². The minimum Gasteiger partial charge on any atom is -0.466 e. The Morgan fingerprint density at radius 1 is 1.38 bits per heavy atom. The van der Waals surface area contributed by atoms with Crippen LogP contribution >= 0.6 is 0 Å². The summed E-state index contributed by atoms with van der Waals surface area (Å²) >= 11 is 0. The summed E-state index contributed by atoms with van der Waals surface area (Å²) in [5.41, 5.74) is 1.64. The molecule has 3 unspecified atom stereocenters. The highest BCUT2D eigenvalue weighted by molar-refractivity contribution is 5.24. The minimum absolute atomic E-state index is 0.290. The van der Waals surface area contributed by atoms with Crippen LogP contribution in [0.2, 0.25) is 0 Å². The van der Waals surface area contributed by atoms with Crippen LogP contribution in [-0.2, 0) is 0 Å². The third-order valence-electron chi connectivity index (χ3n) is 5.01. The van der Waals surface area contributed by atoms with Gasteiger partial charge in [0.1, 0.15) is 11.5 Å². The van der Waals surface area contributed by atoms with E-state index in [1.165, 1.54) is 12.0 Å². The Morgan fingerprint density at radius 2 is 2.05 bits per heavy atom. The zero-order valence-electron chi connectivity index (χ0n) is 14.8. The van der Waals surface area contributed by atoms with Crippen LogP contribution in [0.15, 0.2) is 10.5 Å². The van der Waals surface area contributed by atoms with Crippen molar-refractivity contribution in [2.75, 3.05) is 13.1 Å². The molecule has 1 N–H and O–H groups in total. The van der Waals surface area contributed by atoms with Crippen molar-refractivity contribution in [2.45, 2.75) is 73.0 Å². The van der Waals surface area contributed by atoms with Crippen LogP contribution in [0.4, 0.5) is 0 Å². The number of nitrogens with zero attached hydrogens (tertiary/aromatic N) is 1. The standard InChI is InChI=1S/C18H32N2O/c1-8-15-10-19-17(18(5,6)7)11-20(15)13(3)16-9-12(2)21-14(16)4/h9,13,15,17,19H,8,10-11H2,1-7H3. The molecule has 3 nitrogen and oxygen atoms in total. The van der Waals surface area contributed by atoms with Crippen LogP contribution < -0.4 is 5.32 Å². The molecule has 1 aliphatic rings. The van der Waals surface area contributed by atoms with Gasteiger partial charge in [0, 0.05) is 36.8 Å². The lowest BCUT2D eigenvalue weighted by molar-refractivity contribution is 0.0526. The second-order valence-electron chi connectivity index (χ2n) is 7.63. The molecule has 3 heteroatoms. The third kappa shape index (κ3) is 3.51. The highest BCUT2D eigenvalue weighted by Crippen LogP contribution is 2.32. The number of piperazine rings is 1. The van der Waals surface area contributed by atoms with Crippen molar-refractivity contribution in [3.05, 3.63) is 23.2 Å². The van der Waals surface area contributed by atoms with E-state index in [4.69, 9.17) is 4.42 Å². The fourth-order valence-electron chi connectivity index (χ4n) is 3.50. The van der Waals surface area contributed by atoms with Crippen LogP contribution in [-0.4, -0.2) is 30.1 Å². The molecule has 21 heavy (non-hydrogen) atoms. The molecule has 1 aliphatic heterocycles. The molecule has 1 saturated heterocycles. The van der Waals surface area contributed by atoms with Crippen molar-refractivity contribution in [3.63, 3.8) is 0 Å². The summed E-state index contributed by atoms with van der Waals surface area (Å²) in [4.78, 5) is 2.67. The van der Waals surface area contributed by atoms with Gasteiger partial charge in [-0.2, -0.15) is 0 Å². The maximum absolute atomic E-state index is 5.75. The van der Waals surface area contributed by atoms with Gasteiger partial charge >= 0.3 is 0 Å². The number of furan rings is 1. The molecule has 2 heterocycles. The first-order chi connectivity index (χ1) is 9.74. The van der Waals surface area contributed by atoms with Gasteiger partial charge in [-0.15, -0.1) is 0 Å². The molecule has 2 rings (SSSR count). The van der Waals surface area contributed by atoms with E-state index >= 15 is 0 Å². The Hall–Kier alpha value is -0.800. The third-order valence-corrected chi connectivity index (χ3v) is 5.01. The number of aryl methyl sites for hydroxylation is 2. The summed E-state index contributed by atoms with van der Waals surface area (Å²) in [5.74, 6) is 2.09. The van der Waals surface area contributed by atoms with Crippen LogP contribution in [0, 0.1) is 19.3 Å². The maximum atomic E-state index is 5.75. The monoisotopic (exact) mass is 292 g/mol. The van der Waals surface area contributed by atoms with Gasteiger partial charge in [0.2, 0.25) is 0 Å². The summed E-state index contributed by atoms with van der Waals surface area (Å²) in [6.07, 6.45) is 1.18. The molecular weight excluding hydrogens is 260 g/mol. The maximum Gasteiger partial charge on any atom is 0.105 e. The lowest BCUT2D eigenvalue weighted by Crippen LogP contribution is -2.60. The van der Waals surface area contributed by atoms with E-state index in [9.17, 15) is 0 Å². The molecule has 0 aromatic carbocycles. The Bertz CT molecular complexity index is 472. The van der Waals surface area contributed by atoms with E-state index in [1.807, 2.05) is 6.92 Å². The van der Waals surface area contributed by atoms with Gasteiger partial charge in [-0.05, 0) is 38.7 Å². The highest BCUT2D eigenvalue weighted by Gasteiger charge is 2.36. The zero-order chi connectivity index (χ0) is 15.8. The van der Waals surface area contributed by atoms with E-state index in [0.717, 1.165) is 24.6 Å². The van der Waals surface area contributed by atoms with Gasteiger partial charge in [0.15, 0.2) is 0 Å². The first-order valence-electron chi connectivity index (χ1n) is 8.30. The molecule has 0 aliphatic carbocycles. The molecule has 1 aromatic rings. The predicted molar refractivity (Wildman–Crippen MR) is 88.6 cm³/mol. The SMILES string of the molecule is CCC1CNC(C(C)(C)C)CN1C(C)c1cc(C)oc1C. The van der Waals surface area contributed by atoms with Crippen molar-refractivity contribution >= 4 is 0 Å². The van der Waals surface area contributed by atoms with Crippen molar-refractivity contribution in [3.8, 4) is 0 Å². The molecule has 0 saturated carbocycles. The van der Waals surface area contributed by atoms with Gasteiger partial charge in [0.25, 0.3) is 0 Å². The molecule has 0 radical (unpaired) electrons. The summed E-state index contributed by atoms with van der Waals surface area (Å²) in [6, 6.07) is 3.77. The number of nitrogens with one attached hydrogen (secondary N) is 1. The van der Waals surface area contributed by atoms with Crippen LogP contribution in [0.1, 0.15) is 64.2 Å². The lowest BCUT2D eigenvalue weighted by Gasteiger charge is -2.47. The van der Waals surface area contributed by atoms with Crippen molar-refractivity contribution in [1.29, 1.82) is 0 Å². The fourth-order valence-corrected chi connectivity index (χ4v) is 3.50. The van der Waals surface area contributed by atoms with Crippen LogP contribution in [0.3, 0.4) is 0 Å². The average Bonchev–Trinajstić information content (AvgIpc) is 2.75. The molecule has 3 atom stereocenters. The summed E-state index contributed by atoms with van der Waals surface area (Å²) < 4.78 is 5.75. The van der Waals surface area contributed by atoms with Crippen molar-refractivity contribution in [2.24, 2.45) is 5.41 Å². The molecule has 1 fully saturated rings. The lowest BCUT2D eigenvalue weighted by atomic mass is 9.84. The Labute approximate surface area is 130 Å². The summed E-state index contributed by atoms with van der Waals surface area (Å²) in [6.45, 7) is 17.9. The van der Waals surface area contributed by atoms with Crippen LogP contribution in [0.25, 0.3) is 0 Å². The van der Waals surface area contributed by atoms with E-state index in [-0.39, 0.29) is 5.41 Å². The molecule has 0 spiro atoms. The smallest absolute Gasteiger partial charge is 0.105 e. The van der Waals surface area contributed by atoms with Crippen LogP contribution in [0.5, 0.6) is 0 Å². The van der Waals surface area contributed by atoms with Gasteiger partial charge in [-0.3, -0.25) is 4.90 Å². The minimum atomic E-state index is 0.290.